The number of halogens is 2. The number of anilines is 1. The largest absolute Gasteiger partial charge is 0.324 e. The Hall–Kier alpha value is -1.96. The molecular formula is C19H20ClFN2O3S. The van der Waals surface area contributed by atoms with Crippen LogP contribution in [0.15, 0.2) is 47.4 Å². The third-order valence-electron chi connectivity index (χ3n) is 4.63. The predicted octanol–water partition coefficient (Wildman–Crippen LogP) is 3.97. The number of nitrogens with zero attached hydrogens (tertiary/aromatic N) is 1. The molecule has 2 aromatic rings. The van der Waals surface area contributed by atoms with Crippen LogP contribution in [-0.2, 0) is 14.8 Å². The number of hydrogen-bond acceptors (Lipinski definition) is 3. The average Bonchev–Trinajstić information content (AvgIpc) is 2.65. The molecule has 1 amide bonds. The summed E-state index contributed by atoms with van der Waals surface area (Å²) in [5, 5.41) is 3.28. The number of carbonyl (C=O) groups is 1. The molecule has 0 aromatic heterocycles. The van der Waals surface area contributed by atoms with Crippen molar-refractivity contribution in [2.75, 3.05) is 11.9 Å². The van der Waals surface area contributed by atoms with Crippen molar-refractivity contribution in [1.82, 2.24) is 4.31 Å². The molecule has 0 bridgehead atoms. The molecule has 0 saturated carbocycles. The Labute approximate surface area is 163 Å². The zero-order chi connectivity index (χ0) is 19.6. The zero-order valence-electron chi connectivity index (χ0n) is 14.8. The van der Waals surface area contributed by atoms with Crippen LogP contribution >= 0.6 is 11.6 Å². The molecule has 1 N–H and O–H groups in total. The van der Waals surface area contributed by atoms with Gasteiger partial charge in [-0.2, -0.15) is 4.31 Å². The Kier molecular flexibility index (Phi) is 5.83. The van der Waals surface area contributed by atoms with Gasteiger partial charge in [-0.1, -0.05) is 24.1 Å². The van der Waals surface area contributed by atoms with Crippen molar-refractivity contribution in [3.63, 3.8) is 0 Å². The summed E-state index contributed by atoms with van der Waals surface area (Å²) in [5.41, 5.74) is 1.38. The minimum atomic E-state index is -3.90. The number of hydrogen-bond donors (Lipinski definition) is 1. The molecule has 0 aliphatic carbocycles. The first-order valence-corrected chi connectivity index (χ1v) is 10.5. The van der Waals surface area contributed by atoms with Crippen LogP contribution in [0.4, 0.5) is 10.1 Å². The molecule has 1 heterocycles. The van der Waals surface area contributed by atoms with Crippen LogP contribution < -0.4 is 5.32 Å². The Morgan fingerprint density at radius 3 is 2.59 bits per heavy atom. The molecule has 1 atom stereocenters. The van der Waals surface area contributed by atoms with E-state index in [9.17, 15) is 17.6 Å². The number of rotatable bonds is 4. The molecule has 0 spiro atoms. The molecule has 1 aliphatic heterocycles. The number of amides is 1. The van der Waals surface area contributed by atoms with Gasteiger partial charge in [0.2, 0.25) is 15.9 Å². The monoisotopic (exact) mass is 410 g/mol. The van der Waals surface area contributed by atoms with Crippen LogP contribution in [0.5, 0.6) is 0 Å². The first-order chi connectivity index (χ1) is 12.8. The Morgan fingerprint density at radius 1 is 1.19 bits per heavy atom. The van der Waals surface area contributed by atoms with Crippen LogP contribution in [0.1, 0.15) is 24.8 Å². The molecular weight excluding hydrogens is 391 g/mol. The van der Waals surface area contributed by atoms with Crippen molar-refractivity contribution in [2.45, 2.75) is 37.1 Å². The standard InChI is InChI=1S/C19H20ClFN2O3S/c1-13-5-6-14(20)12-17(13)22-19(24)18-4-2-3-11-23(18)27(25,26)16-9-7-15(21)8-10-16/h5-10,12,18H,2-4,11H2,1H3,(H,22,24). The van der Waals surface area contributed by atoms with E-state index >= 15 is 0 Å². The summed E-state index contributed by atoms with van der Waals surface area (Å²) in [6.07, 6.45) is 1.84. The van der Waals surface area contributed by atoms with Crippen LogP contribution in [0, 0.1) is 12.7 Å². The number of sulfonamides is 1. The van der Waals surface area contributed by atoms with Crippen LogP contribution in [0.25, 0.3) is 0 Å². The maximum Gasteiger partial charge on any atom is 0.243 e. The van der Waals surface area contributed by atoms with E-state index in [0.29, 0.717) is 23.6 Å². The lowest BCUT2D eigenvalue weighted by Crippen LogP contribution is -2.49. The van der Waals surface area contributed by atoms with Crippen molar-refractivity contribution in [3.8, 4) is 0 Å². The van der Waals surface area contributed by atoms with E-state index in [1.807, 2.05) is 6.92 Å². The topological polar surface area (TPSA) is 66.5 Å². The third kappa shape index (κ3) is 4.31. The highest BCUT2D eigenvalue weighted by molar-refractivity contribution is 7.89. The van der Waals surface area contributed by atoms with E-state index in [0.717, 1.165) is 24.1 Å². The first-order valence-electron chi connectivity index (χ1n) is 8.63. The predicted molar refractivity (Wildman–Crippen MR) is 103 cm³/mol. The normalized spacial score (nSPS) is 18.3. The summed E-state index contributed by atoms with van der Waals surface area (Å²) in [4.78, 5) is 12.8. The summed E-state index contributed by atoms with van der Waals surface area (Å²) in [6, 6.07) is 8.95. The highest BCUT2D eigenvalue weighted by Gasteiger charge is 2.37. The number of nitrogens with one attached hydrogen (secondary N) is 1. The molecule has 0 radical (unpaired) electrons. The lowest BCUT2D eigenvalue weighted by molar-refractivity contribution is -0.120. The van der Waals surface area contributed by atoms with E-state index in [-0.39, 0.29) is 11.4 Å². The van der Waals surface area contributed by atoms with Gasteiger partial charge in [-0.15, -0.1) is 0 Å². The zero-order valence-corrected chi connectivity index (χ0v) is 16.4. The molecule has 5 nitrogen and oxygen atoms in total. The molecule has 27 heavy (non-hydrogen) atoms. The van der Waals surface area contributed by atoms with Gasteiger partial charge in [0.1, 0.15) is 11.9 Å². The third-order valence-corrected chi connectivity index (χ3v) is 6.79. The Bertz CT molecular complexity index is 948. The van der Waals surface area contributed by atoms with Crippen LogP contribution in [0.3, 0.4) is 0 Å². The van der Waals surface area contributed by atoms with Gasteiger partial charge in [0.05, 0.1) is 4.90 Å². The maximum atomic E-state index is 13.2. The van der Waals surface area contributed by atoms with Gasteiger partial charge in [0, 0.05) is 17.3 Å². The Balaban J connectivity index is 1.87. The molecule has 1 fully saturated rings. The fourth-order valence-corrected chi connectivity index (χ4v) is 4.97. The second-order valence-corrected chi connectivity index (χ2v) is 8.86. The summed E-state index contributed by atoms with van der Waals surface area (Å²) in [6.45, 7) is 2.08. The number of piperidine rings is 1. The lowest BCUT2D eigenvalue weighted by atomic mass is 10.0. The van der Waals surface area contributed by atoms with Gasteiger partial charge in [-0.05, 0) is 61.7 Å². The van der Waals surface area contributed by atoms with Gasteiger partial charge in [-0.3, -0.25) is 4.79 Å². The molecule has 3 rings (SSSR count). The summed E-state index contributed by atoms with van der Waals surface area (Å²) in [5.74, 6) is -0.913. The van der Waals surface area contributed by atoms with Gasteiger partial charge >= 0.3 is 0 Å². The number of aryl methyl sites for hydroxylation is 1. The van der Waals surface area contributed by atoms with Crippen molar-refractivity contribution >= 4 is 33.2 Å². The Morgan fingerprint density at radius 2 is 1.89 bits per heavy atom. The quantitative estimate of drug-likeness (QED) is 0.829. The molecule has 1 aliphatic rings. The fourth-order valence-electron chi connectivity index (χ4n) is 3.14. The second-order valence-electron chi connectivity index (χ2n) is 6.53. The highest BCUT2D eigenvalue weighted by atomic mass is 35.5. The molecule has 1 saturated heterocycles. The van der Waals surface area contributed by atoms with E-state index < -0.39 is 27.8 Å². The van der Waals surface area contributed by atoms with Crippen LogP contribution in [-0.4, -0.2) is 31.2 Å². The highest BCUT2D eigenvalue weighted by Crippen LogP contribution is 2.27. The van der Waals surface area contributed by atoms with Gasteiger partial charge < -0.3 is 5.32 Å². The summed E-state index contributed by atoms with van der Waals surface area (Å²) in [7, 11) is -3.90. The van der Waals surface area contributed by atoms with E-state index in [2.05, 4.69) is 5.32 Å². The lowest BCUT2D eigenvalue weighted by Gasteiger charge is -2.33. The summed E-state index contributed by atoms with van der Waals surface area (Å²) >= 11 is 5.99. The second kappa shape index (κ2) is 7.96. The van der Waals surface area contributed by atoms with Crippen molar-refractivity contribution < 1.29 is 17.6 Å². The summed E-state index contributed by atoms with van der Waals surface area (Å²) < 4.78 is 40.3. The number of benzene rings is 2. The molecule has 8 heteroatoms. The molecule has 2 aromatic carbocycles. The maximum absolute atomic E-state index is 13.2. The number of carbonyl (C=O) groups excluding carboxylic acids is 1. The van der Waals surface area contributed by atoms with E-state index in [1.54, 1.807) is 18.2 Å². The smallest absolute Gasteiger partial charge is 0.243 e. The van der Waals surface area contributed by atoms with Crippen molar-refractivity contribution in [2.24, 2.45) is 0 Å². The van der Waals surface area contributed by atoms with Gasteiger partial charge in [0.25, 0.3) is 0 Å². The molecule has 144 valence electrons. The first kappa shape index (κ1) is 19.8. The molecule has 1 unspecified atom stereocenters. The van der Waals surface area contributed by atoms with E-state index in [4.69, 9.17) is 11.6 Å². The van der Waals surface area contributed by atoms with Crippen LogP contribution in [0.2, 0.25) is 5.02 Å². The minimum Gasteiger partial charge on any atom is -0.324 e. The van der Waals surface area contributed by atoms with Crippen molar-refractivity contribution in [1.29, 1.82) is 0 Å². The average molecular weight is 411 g/mol. The van der Waals surface area contributed by atoms with Crippen molar-refractivity contribution in [3.05, 3.63) is 58.9 Å². The van der Waals surface area contributed by atoms with Gasteiger partial charge in [0.15, 0.2) is 0 Å². The fraction of sp³-hybridized carbons (Fsp3) is 0.316. The van der Waals surface area contributed by atoms with Gasteiger partial charge in [-0.25, -0.2) is 12.8 Å². The SMILES string of the molecule is Cc1ccc(Cl)cc1NC(=O)C1CCCCN1S(=O)(=O)c1ccc(F)cc1. The minimum absolute atomic E-state index is 0.0254. The van der Waals surface area contributed by atoms with E-state index in [1.165, 1.54) is 16.4 Å².